The molecule has 0 aliphatic heterocycles. The van der Waals surface area contributed by atoms with Gasteiger partial charge in [-0.15, -0.1) is 11.3 Å². The fraction of sp³-hybridized carbons (Fsp3) is 0.286. The molecule has 0 bridgehead atoms. The number of benzene rings is 2. The fourth-order valence-corrected chi connectivity index (χ4v) is 3.87. The van der Waals surface area contributed by atoms with Crippen LogP contribution in [0.4, 0.5) is 0 Å². The summed E-state index contributed by atoms with van der Waals surface area (Å²) in [6, 6.07) is 16.2. The first-order valence-electron chi connectivity index (χ1n) is 8.70. The minimum Gasteiger partial charge on any atom is -0.494 e. The number of hydrogen-bond acceptors (Lipinski definition) is 4. The van der Waals surface area contributed by atoms with E-state index < -0.39 is 0 Å². The maximum atomic E-state index is 11.2. The molecule has 136 valence electrons. The van der Waals surface area contributed by atoms with E-state index in [0.717, 1.165) is 21.9 Å². The summed E-state index contributed by atoms with van der Waals surface area (Å²) in [5.41, 5.74) is 1.12. The topological polar surface area (TPSA) is 47.6 Å². The van der Waals surface area contributed by atoms with Crippen molar-refractivity contribution in [2.75, 3.05) is 6.61 Å². The predicted octanol–water partition coefficient (Wildman–Crippen LogP) is 5.08. The van der Waals surface area contributed by atoms with E-state index in [9.17, 15) is 4.79 Å². The van der Waals surface area contributed by atoms with Gasteiger partial charge in [-0.3, -0.25) is 4.79 Å². The summed E-state index contributed by atoms with van der Waals surface area (Å²) in [4.78, 5) is 12.4. The number of nitrogens with one attached hydrogen (secondary N) is 1. The third-order valence-electron chi connectivity index (χ3n) is 3.99. The van der Waals surface area contributed by atoms with E-state index in [4.69, 9.17) is 9.47 Å². The molecule has 3 aromatic rings. The van der Waals surface area contributed by atoms with Gasteiger partial charge in [0.15, 0.2) is 0 Å². The highest BCUT2D eigenvalue weighted by Crippen LogP contribution is 2.31. The average Bonchev–Trinajstić information content (AvgIpc) is 3.04. The van der Waals surface area contributed by atoms with Crippen LogP contribution >= 0.6 is 11.3 Å². The molecule has 4 nitrogen and oxygen atoms in total. The highest BCUT2D eigenvalue weighted by molar-refractivity contribution is 7.19. The highest BCUT2D eigenvalue weighted by Gasteiger charge is 2.11. The van der Waals surface area contributed by atoms with Crippen molar-refractivity contribution < 1.29 is 14.3 Å². The molecular formula is C21H23NO3S. The zero-order valence-electron chi connectivity index (χ0n) is 15.2. The molecule has 1 atom stereocenters. The minimum absolute atomic E-state index is 0.0144. The quantitative estimate of drug-likeness (QED) is 0.632. The molecule has 1 aromatic heterocycles. The maximum absolute atomic E-state index is 11.2. The van der Waals surface area contributed by atoms with Crippen LogP contribution in [-0.2, 0) is 11.4 Å². The first-order chi connectivity index (χ1) is 12.5. The Morgan fingerprint density at radius 2 is 1.77 bits per heavy atom. The molecule has 0 radical (unpaired) electrons. The lowest BCUT2D eigenvalue weighted by Gasteiger charge is -2.09. The van der Waals surface area contributed by atoms with Gasteiger partial charge in [-0.1, -0.05) is 12.1 Å². The Hall–Kier alpha value is -2.53. The molecule has 0 saturated carbocycles. The largest absolute Gasteiger partial charge is 0.494 e. The Labute approximate surface area is 157 Å². The number of hydrogen-bond donors (Lipinski definition) is 1. The molecule has 0 aliphatic carbocycles. The number of fused-ring (bicyclic) bond motifs is 1. The van der Waals surface area contributed by atoms with Crippen LogP contribution in [0.3, 0.4) is 0 Å². The van der Waals surface area contributed by atoms with Crippen LogP contribution in [0.25, 0.3) is 10.1 Å². The summed E-state index contributed by atoms with van der Waals surface area (Å²) in [6.07, 6.45) is 0. The van der Waals surface area contributed by atoms with Crippen LogP contribution in [0.2, 0.25) is 0 Å². The van der Waals surface area contributed by atoms with Crippen molar-refractivity contribution in [1.29, 1.82) is 0 Å². The number of carbonyl (C=O) groups excluding carboxylic acids is 1. The molecule has 2 aromatic carbocycles. The van der Waals surface area contributed by atoms with Gasteiger partial charge in [-0.05, 0) is 61.2 Å². The zero-order valence-corrected chi connectivity index (χ0v) is 16.1. The summed E-state index contributed by atoms with van der Waals surface area (Å²) in [7, 11) is 0. The van der Waals surface area contributed by atoms with Gasteiger partial charge < -0.3 is 14.8 Å². The lowest BCUT2D eigenvalue weighted by atomic mass is 10.1. The molecule has 0 spiro atoms. The molecule has 0 fully saturated rings. The molecule has 0 saturated heterocycles. The van der Waals surface area contributed by atoms with Crippen LogP contribution in [-0.4, -0.2) is 12.5 Å². The number of ether oxygens (including phenoxy) is 2. The molecule has 1 unspecified atom stereocenters. The lowest BCUT2D eigenvalue weighted by molar-refractivity contribution is -0.119. The van der Waals surface area contributed by atoms with E-state index in [0.29, 0.717) is 13.2 Å². The van der Waals surface area contributed by atoms with E-state index in [2.05, 4.69) is 29.6 Å². The SMILES string of the molecule is CCOc1ccc(OCc2ccc3cc(C(C)NC(C)=O)sc3c2)cc1. The molecular weight excluding hydrogens is 346 g/mol. The number of thiophene rings is 1. The van der Waals surface area contributed by atoms with Crippen molar-refractivity contribution in [2.24, 2.45) is 0 Å². The normalized spacial score (nSPS) is 12.0. The average molecular weight is 369 g/mol. The van der Waals surface area contributed by atoms with Crippen molar-refractivity contribution in [2.45, 2.75) is 33.4 Å². The van der Waals surface area contributed by atoms with Crippen LogP contribution in [0.1, 0.15) is 37.3 Å². The summed E-state index contributed by atoms with van der Waals surface area (Å²) in [5, 5.41) is 4.12. The molecule has 1 heterocycles. The summed E-state index contributed by atoms with van der Waals surface area (Å²) in [6.45, 7) is 6.68. The Bertz CT molecular complexity index is 886. The van der Waals surface area contributed by atoms with Crippen molar-refractivity contribution in [3.63, 3.8) is 0 Å². The molecule has 1 amide bonds. The third-order valence-corrected chi connectivity index (χ3v) is 5.27. The van der Waals surface area contributed by atoms with E-state index in [1.165, 1.54) is 10.1 Å². The van der Waals surface area contributed by atoms with Gasteiger partial charge in [-0.2, -0.15) is 0 Å². The van der Waals surface area contributed by atoms with Crippen molar-refractivity contribution in [3.8, 4) is 11.5 Å². The van der Waals surface area contributed by atoms with Crippen LogP contribution in [0.5, 0.6) is 11.5 Å². The molecule has 3 rings (SSSR count). The Morgan fingerprint density at radius 1 is 1.08 bits per heavy atom. The van der Waals surface area contributed by atoms with E-state index >= 15 is 0 Å². The van der Waals surface area contributed by atoms with E-state index in [1.54, 1.807) is 18.3 Å². The van der Waals surface area contributed by atoms with E-state index in [1.807, 2.05) is 38.1 Å². The minimum atomic E-state index is -0.0144. The van der Waals surface area contributed by atoms with Gasteiger partial charge in [0.2, 0.25) is 5.91 Å². The number of amides is 1. The Kier molecular flexibility index (Phi) is 5.78. The molecule has 26 heavy (non-hydrogen) atoms. The van der Waals surface area contributed by atoms with Crippen LogP contribution in [0, 0.1) is 0 Å². The fourth-order valence-electron chi connectivity index (χ4n) is 2.74. The summed E-state index contributed by atoms with van der Waals surface area (Å²) in [5.74, 6) is 1.65. The molecule has 1 N–H and O–H groups in total. The first-order valence-corrected chi connectivity index (χ1v) is 9.52. The zero-order chi connectivity index (χ0) is 18.5. The van der Waals surface area contributed by atoms with Crippen molar-refractivity contribution in [3.05, 3.63) is 59.0 Å². The highest BCUT2D eigenvalue weighted by atomic mass is 32.1. The second-order valence-corrected chi connectivity index (χ2v) is 7.25. The van der Waals surface area contributed by atoms with Gasteiger partial charge >= 0.3 is 0 Å². The monoisotopic (exact) mass is 369 g/mol. The number of rotatable bonds is 7. The first kappa shape index (κ1) is 18.3. The smallest absolute Gasteiger partial charge is 0.217 e. The molecule has 0 aliphatic rings. The third kappa shape index (κ3) is 4.55. The van der Waals surface area contributed by atoms with Crippen molar-refractivity contribution >= 4 is 27.3 Å². The molecule has 5 heteroatoms. The van der Waals surface area contributed by atoms with Crippen LogP contribution < -0.4 is 14.8 Å². The second kappa shape index (κ2) is 8.23. The summed E-state index contributed by atoms with van der Waals surface area (Å²) < 4.78 is 12.5. The van der Waals surface area contributed by atoms with Gasteiger partial charge in [0.25, 0.3) is 0 Å². The second-order valence-electron chi connectivity index (χ2n) is 6.14. The standard InChI is InChI=1S/C21H23NO3S/c1-4-24-18-7-9-19(10-8-18)25-13-16-5-6-17-12-20(26-21(17)11-16)14(2)22-15(3)23/h5-12,14H,4,13H2,1-3H3,(H,22,23). The Balaban J connectivity index is 1.67. The summed E-state index contributed by atoms with van der Waals surface area (Å²) >= 11 is 1.70. The van der Waals surface area contributed by atoms with Gasteiger partial charge in [-0.25, -0.2) is 0 Å². The van der Waals surface area contributed by atoms with Gasteiger partial charge in [0.05, 0.1) is 12.6 Å². The lowest BCUT2D eigenvalue weighted by Crippen LogP contribution is -2.22. The van der Waals surface area contributed by atoms with E-state index in [-0.39, 0.29) is 11.9 Å². The Morgan fingerprint density at radius 3 is 2.42 bits per heavy atom. The van der Waals surface area contributed by atoms with Crippen LogP contribution in [0.15, 0.2) is 48.5 Å². The van der Waals surface area contributed by atoms with Gasteiger partial charge in [0.1, 0.15) is 18.1 Å². The predicted molar refractivity (Wildman–Crippen MR) is 106 cm³/mol. The van der Waals surface area contributed by atoms with Gasteiger partial charge in [0, 0.05) is 16.5 Å². The maximum Gasteiger partial charge on any atom is 0.217 e. The number of carbonyl (C=O) groups is 1. The van der Waals surface area contributed by atoms with Crippen molar-refractivity contribution in [1.82, 2.24) is 5.32 Å².